The van der Waals surface area contributed by atoms with Crippen molar-refractivity contribution in [3.8, 4) is 0 Å². The number of allylic oxidation sites excluding steroid dienone is 2. The summed E-state index contributed by atoms with van der Waals surface area (Å²) in [6, 6.07) is 4.27. The second-order valence-corrected chi connectivity index (χ2v) is 8.38. The Kier molecular flexibility index (Phi) is 7.94. The fourth-order valence-corrected chi connectivity index (χ4v) is 4.55. The van der Waals surface area contributed by atoms with Crippen molar-refractivity contribution in [2.24, 2.45) is 5.92 Å². The molecule has 1 aliphatic rings. The first-order valence-corrected chi connectivity index (χ1v) is 10.5. The summed E-state index contributed by atoms with van der Waals surface area (Å²) in [5.41, 5.74) is 0. The van der Waals surface area contributed by atoms with Gasteiger partial charge in [0.2, 0.25) is 10.0 Å². The number of sulfonamides is 1. The van der Waals surface area contributed by atoms with Crippen molar-refractivity contribution in [1.82, 2.24) is 4.72 Å². The Morgan fingerprint density at radius 3 is 2.67 bits per heavy atom. The topological polar surface area (TPSA) is 92.7 Å². The smallest absolute Gasteiger partial charge is 0.305 e. The summed E-state index contributed by atoms with van der Waals surface area (Å²) in [6.45, 7) is 0. The zero-order valence-corrected chi connectivity index (χ0v) is 16.1. The zero-order chi connectivity index (χ0) is 19.9. The van der Waals surface area contributed by atoms with Gasteiger partial charge in [-0.05, 0) is 56.4 Å². The molecule has 1 aromatic carbocycles. The van der Waals surface area contributed by atoms with E-state index in [2.05, 4.69) is 9.46 Å². The second kappa shape index (κ2) is 9.96. The zero-order valence-electron chi connectivity index (χ0n) is 15.3. The molecule has 2 N–H and O–H groups in total. The van der Waals surface area contributed by atoms with Gasteiger partial charge in [0.05, 0.1) is 18.1 Å². The number of ether oxygens (including phenoxy) is 1. The highest BCUT2D eigenvalue weighted by molar-refractivity contribution is 7.89. The molecule has 0 unspecified atom stereocenters. The minimum absolute atomic E-state index is 0.00221. The number of nitrogens with one attached hydrogen (secondary N) is 1. The predicted octanol–water partition coefficient (Wildman–Crippen LogP) is 2.53. The quantitative estimate of drug-likeness (QED) is 0.378. The number of methoxy groups -OCH3 is 1. The van der Waals surface area contributed by atoms with Gasteiger partial charge in [-0.25, -0.2) is 17.5 Å². The van der Waals surface area contributed by atoms with Crippen molar-refractivity contribution >= 4 is 16.0 Å². The van der Waals surface area contributed by atoms with E-state index in [-0.39, 0.29) is 22.8 Å². The molecule has 0 saturated heterocycles. The maximum atomic E-state index is 13.0. The summed E-state index contributed by atoms with van der Waals surface area (Å²) in [6.07, 6.45) is 6.62. The van der Waals surface area contributed by atoms with Crippen LogP contribution in [0, 0.1) is 11.7 Å². The Morgan fingerprint density at radius 1 is 1.30 bits per heavy atom. The van der Waals surface area contributed by atoms with Gasteiger partial charge in [-0.15, -0.1) is 0 Å². The molecule has 0 aliphatic heterocycles. The Bertz CT molecular complexity index is 748. The number of halogens is 1. The van der Waals surface area contributed by atoms with Crippen LogP contribution in [0.5, 0.6) is 0 Å². The average Bonchev–Trinajstić information content (AvgIpc) is 2.97. The van der Waals surface area contributed by atoms with Crippen molar-refractivity contribution in [2.75, 3.05) is 7.11 Å². The van der Waals surface area contributed by atoms with Crippen LogP contribution < -0.4 is 4.72 Å². The highest BCUT2D eigenvalue weighted by atomic mass is 32.2. The number of rotatable bonds is 9. The number of hydrogen-bond donors (Lipinski definition) is 2. The van der Waals surface area contributed by atoms with Crippen LogP contribution in [0.3, 0.4) is 0 Å². The molecular formula is C19H26FNO5S. The highest BCUT2D eigenvalue weighted by Crippen LogP contribution is 2.30. The molecule has 0 bridgehead atoms. The highest BCUT2D eigenvalue weighted by Gasteiger charge is 2.36. The molecule has 1 aromatic rings. The van der Waals surface area contributed by atoms with Gasteiger partial charge in [-0.2, -0.15) is 0 Å². The van der Waals surface area contributed by atoms with Crippen molar-refractivity contribution in [3.05, 3.63) is 42.2 Å². The Hall–Kier alpha value is -1.77. The van der Waals surface area contributed by atoms with Crippen molar-refractivity contribution < 1.29 is 27.4 Å². The number of carbonyl (C=O) groups excluding carboxylic acids is 1. The number of unbranched alkanes of at least 4 members (excludes halogenated alkanes) is 1. The van der Waals surface area contributed by atoms with E-state index in [1.54, 1.807) is 0 Å². The normalized spacial score (nSPS) is 23.0. The fourth-order valence-electron chi connectivity index (χ4n) is 3.23. The molecule has 2 rings (SSSR count). The third-order valence-electron chi connectivity index (χ3n) is 4.77. The monoisotopic (exact) mass is 399 g/mol. The van der Waals surface area contributed by atoms with Crippen LogP contribution in [-0.4, -0.2) is 38.7 Å². The van der Waals surface area contributed by atoms with E-state index >= 15 is 0 Å². The van der Waals surface area contributed by atoms with Crippen molar-refractivity contribution in [2.45, 2.75) is 55.6 Å². The van der Waals surface area contributed by atoms with E-state index in [1.165, 1.54) is 19.2 Å². The molecule has 6 nitrogen and oxygen atoms in total. The Balaban J connectivity index is 1.90. The van der Waals surface area contributed by atoms with Crippen LogP contribution in [0.25, 0.3) is 0 Å². The van der Waals surface area contributed by atoms with E-state index in [1.807, 2.05) is 12.2 Å². The summed E-state index contributed by atoms with van der Waals surface area (Å²) in [5, 5.41) is 10.2. The molecular weight excluding hydrogens is 373 g/mol. The van der Waals surface area contributed by atoms with Gasteiger partial charge >= 0.3 is 5.97 Å². The molecule has 0 radical (unpaired) electrons. The van der Waals surface area contributed by atoms with E-state index < -0.39 is 21.9 Å². The molecule has 3 atom stereocenters. The van der Waals surface area contributed by atoms with Crippen LogP contribution >= 0.6 is 0 Å². The molecule has 0 aromatic heterocycles. The second-order valence-electron chi connectivity index (χ2n) is 6.67. The lowest BCUT2D eigenvalue weighted by Gasteiger charge is -2.22. The number of benzene rings is 1. The molecule has 8 heteroatoms. The molecule has 0 heterocycles. The van der Waals surface area contributed by atoms with E-state index in [4.69, 9.17) is 0 Å². The number of hydrogen-bond acceptors (Lipinski definition) is 5. The van der Waals surface area contributed by atoms with Crippen molar-refractivity contribution in [3.63, 3.8) is 0 Å². The third-order valence-corrected chi connectivity index (χ3v) is 6.28. The molecule has 0 amide bonds. The van der Waals surface area contributed by atoms with Gasteiger partial charge in [-0.1, -0.05) is 12.2 Å². The molecule has 1 aliphatic carbocycles. The molecule has 1 fully saturated rings. The molecule has 27 heavy (non-hydrogen) atoms. The maximum Gasteiger partial charge on any atom is 0.305 e. The SMILES string of the molecule is COC(=O)CCC/C=C\C[C@@H]1[C@@H](NS(=O)(=O)c2ccc(F)cc2)CC[C@@H]1O. The van der Waals surface area contributed by atoms with E-state index in [9.17, 15) is 22.7 Å². The molecule has 0 spiro atoms. The molecule has 150 valence electrons. The summed E-state index contributed by atoms with van der Waals surface area (Å²) in [7, 11) is -2.42. The standard InChI is InChI=1S/C19H26FNO5S/c1-26-19(23)7-5-3-2-4-6-16-17(12-13-18(16)22)21-27(24,25)15-10-8-14(20)9-11-15/h2,4,8-11,16-18,21-22H,3,5-7,12-13H2,1H3/b4-2-/t16-,17+,18+/m1/s1. The van der Waals surface area contributed by atoms with Gasteiger partial charge in [0, 0.05) is 18.4 Å². The lowest BCUT2D eigenvalue weighted by Crippen LogP contribution is -2.39. The van der Waals surface area contributed by atoms with Crippen LogP contribution in [0.2, 0.25) is 0 Å². The van der Waals surface area contributed by atoms with E-state index in [0.717, 1.165) is 12.1 Å². The van der Waals surface area contributed by atoms with Crippen LogP contribution in [0.1, 0.15) is 38.5 Å². The van der Waals surface area contributed by atoms with Gasteiger partial charge < -0.3 is 9.84 Å². The number of esters is 1. The summed E-state index contributed by atoms with van der Waals surface area (Å²) < 4.78 is 45.2. The predicted molar refractivity (Wildman–Crippen MR) is 98.9 cm³/mol. The number of carbonyl (C=O) groups is 1. The first-order valence-electron chi connectivity index (χ1n) is 9.01. The number of aliphatic hydroxyl groups excluding tert-OH is 1. The summed E-state index contributed by atoms with van der Waals surface area (Å²) >= 11 is 0. The average molecular weight is 399 g/mol. The first kappa shape index (κ1) is 21.5. The first-order chi connectivity index (χ1) is 12.8. The van der Waals surface area contributed by atoms with E-state index in [0.29, 0.717) is 38.5 Å². The summed E-state index contributed by atoms with van der Waals surface area (Å²) in [5.74, 6) is -0.970. The van der Waals surface area contributed by atoms with Crippen LogP contribution in [0.4, 0.5) is 4.39 Å². The number of aliphatic hydroxyl groups is 1. The van der Waals surface area contributed by atoms with Gasteiger partial charge in [0.1, 0.15) is 5.82 Å². The van der Waals surface area contributed by atoms with Crippen LogP contribution in [0.15, 0.2) is 41.3 Å². The molecule has 1 saturated carbocycles. The van der Waals surface area contributed by atoms with Crippen molar-refractivity contribution in [1.29, 1.82) is 0 Å². The fraction of sp³-hybridized carbons (Fsp3) is 0.526. The minimum Gasteiger partial charge on any atom is -0.469 e. The Labute approximate surface area is 159 Å². The lowest BCUT2D eigenvalue weighted by atomic mass is 9.98. The lowest BCUT2D eigenvalue weighted by molar-refractivity contribution is -0.140. The van der Waals surface area contributed by atoms with Gasteiger partial charge in [0.25, 0.3) is 0 Å². The Morgan fingerprint density at radius 2 is 2.00 bits per heavy atom. The van der Waals surface area contributed by atoms with Crippen LogP contribution in [-0.2, 0) is 19.6 Å². The minimum atomic E-state index is -3.77. The largest absolute Gasteiger partial charge is 0.469 e. The third kappa shape index (κ3) is 6.41. The van der Waals surface area contributed by atoms with Gasteiger partial charge in [-0.3, -0.25) is 4.79 Å². The summed E-state index contributed by atoms with van der Waals surface area (Å²) in [4.78, 5) is 11.0. The van der Waals surface area contributed by atoms with Gasteiger partial charge in [0.15, 0.2) is 0 Å². The maximum absolute atomic E-state index is 13.0.